The van der Waals surface area contributed by atoms with Crippen LogP contribution in [0.2, 0.25) is 0 Å². The molecule has 5 N–H and O–H groups in total. The Morgan fingerprint density at radius 1 is 1.18 bits per heavy atom. The van der Waals surface area contributed by atoms with E-state index in [1.54, 1.807) is 24.5 Å². The van der Waals surface area contributed by atoms with Crippen LogP contribution in [0.1, 0.15) is 35.3 Å². The van der Waals surface area contributed by atoms with Gasteiger partial charge in [0.05, 0.1) is 25.9 Å². The number of benzene rings is 2. The average molecular weight is 605 g/mol. The zero-order valence-electron chi connectivity index (χ0n) is 21.5. The molecular weight excluding hydrogens is 572 g/mol. The molecule has 0 radical (unpaired) electrons. The van der Waals surface area contributed by atoms with Crippen LogP contribution in [0.25, 0.3) is 0 Å². The van der Waals surface area contributed by atoms with Crippen molar-refractivity contribution in [3.05, 3.63) is 81.6 Å². The molecule has 1 aliphatic rings. The third-order valence-corrected chi connectivity index (χ3v) is 6.08. The molecule has 10 nitrogen and oxygen atoms in total. The number of hydrogen-bond acceptors (Lipinski definition) is 9. The summed E-state index contributed by atoms with van der Waals surface area (Å²) in [5.74, 6) is 0.606. The molecule has 2 atom stereocenters. The number of aliphatic hydroxyl groups is 2. The van der Waals surface area contributed by atoms with Crippen molar-refractivity contribution in [1.82, 2.24) is 10.3 Å². The molecule has 2 aromatic carbocycles. The predicted octanol–water partition coefficient (Wildman–Crippen LogP) is 3.36. The Bertz CT molecular complexity index is 1220. The molecule has 0 amide bonds. The second kappa shape index (κ2) is 15.4. The maximum Gasteiger partial charge on any atom is 0.300 e. The number of aromatic hydroxyl groups is 1. The van der Waals surface area contributed by atoms with Crippen molar-refractivity contribution >= 4 is 21.9 Å². The average Bonchev–Trinajstić information content (AvgIpc) is 2.91. The van der Waals surface area contributed by atoms with Crippen molar-refractivity contribution in [2.45, 2.75) is 38.8 Å². The van der Waals surface area contributed by atoms with Crippen molar-refractivity contribution in [2.24, 2.45) is 0 Å². The van der Waals surface area contributed by atoms with Crippen LogP contribution in [0, 0.1) is 0 Å². The highest BCUT2D eigenvalue weighted by molar-refractivity contribution is 9.10. The molecular formula is C28H33BrN2O8. The number of nitrogens with one attached hydrogen (secondary N) is 1. The number of carboxylic acid groups (broad SMARTS) is 1. The van der Waals surface area contributed by atoms with Crippen LogP contribution in [0.5, 0.6) is 17.2 Å². The SMILES string of the molecule is CC(=O)O.OCc1cc([C@@H](O)CNCCc2ccc3c(c2)O[C@H](COCc2cncc(Br)c2)CO3)ccc1O. The zero-order chi connectivity index (χ0) is 28.2. The van der Waals surface area contributed by atoms with E-state index in [-0.39, 0.29) is 18.5 Å². The Hall–Kier alpha value is -3.22. The van der Waals surface area contributed by atoms with Gasteiger partial charge in [-0.1, -0.05) is 12.1 Å². The Labute approximate surface area is 235 Å². The number of halogens is 1. The monoisotopic (exact) mass is 604 g/mol. The molecule has 0 saturated carbocycles. The van der Waals surface area contributed by atoms with E-state index in [1.165, 1.54) is 6.07 Å². The van der Waals surface area contributed by atoms with Crippen LogP contribution in [-0.2, 0) is 29.2 Å². The van der Waals surface area contributed by atoms with Crippen LogP contribution in [-0.4, -0.2) is 63.8 Å². The normalized spacial score (nSPS) is 14.7. The number of rotatable bonds is 11. The molecule has 4 rings (SSSR count). The van der Waals surface area contributed by atoms with E-state index >= 15 is 0 Å². The van der Waals surface area contributed by atoms with Gasteiger partial charge in [0, 0.05) is 35.9 Å². The molecule has 0 aliphatic carbocycles. The van der Waals surface area contributed by atoms with Gasteiger partial charge in [0.2, 0.25) is 0 Å². The zero-order valence-corrected chi connectivity index (χ0v) is 23.1. The van der Waals surface area contributed by atoms with Crippen LogP contribution in [0.15, 0.2) is 59.3 Å². The maximum atomic E-state index is 10.4. The number of carboxylic acids is 1. The molecule has 0 spiro atoms. The first kappa shape index (κ1) is 30.3. The second-order valence-electron chi connectivity index (χ2n) is 8.89. The minimum atomic E-state index is -0.833. The number of aromatic nitrogens is 1. The summed E-state index contributed by atoms with van der Waals surface area (Å²) >= 11 is 3.41. The van der Waals surface area contributed by atoms with E-state index in [9.17, 15) is 15.3 Å². The summed E-state index contributed by atoms with van der Waals surface area (Å²) in [4.78, 5) is 13.1. The molecule has 3 aromatic rings. The smallest absolute Gasteiger partial charge is 0.300 e. The lowest BCUT2D eigenvalue weighted by atomic mass is 10.1. The van der Waals surface area contributed by atoms with Gasteiger partial charge in [-0.15, -0.1) is 0 Å². The van der Waals surface area contributed by atoms with Crippen molar-refractivity contribution in [3.63, 3.8) is 0 Å². The minimum Gasteiger partial charge on any atom is -0.508 e. The number of nitrogens with zero attached hydrogens (tertiary/aromatic N) is 1. The first-order valence-electron chi connectivity index (χ1n) is 12.4. The number of phenols is 1. The van der Waals surface area contributed by atoms with Gasteiger partial charge < -0.3 is 40.0 Å². The number of carbonyl (C=O) groups is 1. The summed E-state index contributed by atoms with van der Waals surface area (Å²) in [7, 11) is 0. The Morgan fingerprint density at radius 2 is 1.97 bits per heavy atom. The molecule has 1 aliphatic heterocycles. The van der Waals surface area contributed by atoms with Crippen LogP contribution >= 0.6 is 15.9 Å². The second-order valence-corrected chi connectivity index (χ2v) is 9.81. The van der Waals surface area contributed by atoms with E-state index in [4.69, 9.17) is 24.1 Å². The Balaban J connectivity index is 0.000000983. The van der Waals surface area contributed by atoms with Gasteiger partial charge in [-0.2, -0.15) is 0 Å². The molecule has 2 heterocycles. The van der Waals surface area contributed by atoms with Gasteiger partial charge in [-0.25, -0.2) is 0 Å². The fourth-order valence-corrected chi connectivity index (χ4v) is 4.18. The lowest BCUT2D eigenvalue weighted by Gasteiger charge is -2.27. The molecule has 0 saturated heterocycles. The third-order valence-electron chi connectivity index (χ3n) is 5.65. The fourth-order valence-electron chi connectivity index (χ4n) is 3.77. The van der Waals surface area contributed by atoms with E-state index in [1.807, 2.05) is 24.3 Å². The number of aliphatic carboxylic acids is 1. The highest BCUT2D eigenvalue weighted by Gasteiger charge is 2.21. The van der Waals surface area contributed by atoms with E-state index in [2.05, 4.69) is 26.2 Å². The quantitative estimate of drug-likeness (QED) is 0.206. The summed E-state index contributed by atoms with van der Waals surface area (Å²) in [6.07, 6.45) is 3.32. The molecule has 39 heavy (non-hydrogen) atoms. The third kappa shape index (κ3) is 10.1. The summed E-state index contributed by atoms with van der Waals surface area (Å²) in [6, 6.07) is 12.6. The number of ether oxygens (including phenoxy) is 3. The van der Waals surface area contributed by atoms with Gasteiger partial charge in [0.25, 0.3) is 5.97 Å². The molecule has 210 valence electrons. The van der Waals surface area contributed by atoms with Crippen molar-refractivity contribution in [2.75, 3.05) is 26.3 Å². The molecule has 0 fully saturated rings. The number of aliphatic hydroxyl groups excluding tert-OH is 2. The first-order valence-corrected chi connectivity index (χ1v) is 13.1. The topological polar surface area (TPSA) is 151 Å². The van der Waals surface area contributed by atoms with Crippen molar-refractivity contribution in [3.8, 4) is 17.2 Å². The molecule has 11 heteroatoms. The summed E-state index contributed by atoms with van der Waals surface area (Å²) in [5, 5.41) is 40.0. The summed E-state index contributed by atoms with van der Waals surface area (Å²) in [6.45, 7) is 3.10. The van der Waals surface area contributed by atoms with Crippen molar-refractivity contribution in [1.29, 1.82) is 0 Å². The highest BCUT2D eigenvalue weighted by Crippen LogP contribution is 2.33. The molecule has 0 unspecified atom stereocenters. The lowest BCUT2D eigenvalue weighted by molar-refractivity contribution is -0.134. The van der Waals surface area contributed by atoms with Gasteiger partial charge in [0.1, 0.15) is 12.4 Å². The number of fused-ring (bicyclic) bond motifs is 1. The lowest BCUT2D eigenvalue weighted by Crippen LogP contribution is -2.33. The largest absolute Gasteiger partial charge is 0.508 e. The van der Waals surface area contributed by atoms with Crippen LogP contribution < -0.4 is 14.8 Å². The Kier molecular flexibility index (Phi) is 12.0. The summed E-state index contributed by atoms with van der Waals surface area (Å²) in [5.41, 5.74) is 3.11. The Morgan fingerprint density at radius 3 is 2.72 bits per heavy atom. The van der Waals surface area contributed by atoms with E-state index in [0.29, 0.717) is 49.8 Å². The molecule has 0 bridgehead atoms. The van der Waals surface area contributed by atoms with Crippen molar-refractivity contribution < 1.29 is 39.4 Å². The first-order chi connectivity index (χ1) is 18.7. The standard InChI is InChI=1S/C26H29BrN2O6.C2H4O2/c27-21-7-18(10-29-11-21)14-33-15-22-16-34-25-4-1-17(8-26(25)35-22)5-6-28-12-24(32)19-2-3-23(31)20(9-19)13-30;1-2(3)4/h1-4,7-11,22,24,28,30-32H,5-6,12-16H2;1H3,(H,3,4)/t22-,24+;/m1./s1. The number of pyridine rings is 1. The number of hydrogen-bond donors (Lipinski definition) is 5. The van der Waals surface area contributed by atoms with Gasteiger partial charge in [0.15, 0.2) is 17.6 Å². The summed E-state index contributed by atoms with van der Waals surface area (Å²) < 4.78 is 18.6. The maximum absolute atomic E-state index is 10.4. The van der Waals surface area contributed by atoms with Crippen LogP contribution in [0.4, 0.5) is 0 Å². The minimum absolute atomic E-state index is 0.0190. The van der Waals surface area contributed by atoms with Gasteiger partial charge in [-0.05, 0) is 75.9 Å². The van der Waals surface area contributed by atoms with Gasteiger partial charge in [-0.3, -0.25) is 9.78 Å². The van der Waals surface area contributed by atoms with E-state index in [0.717, 1.165) is 34.7 Å². The fraction of sp³-hybridized carbons (Fsp3) is 0.357. The highest BCUT2D eigenvalue weighted by atomic mass is 79.9. The van der Waals surface area contributed by atoms with Gasteiger partial charge >= 0.3 is 0 Å². The predicted molar refractivity (Wildman–Crippen MR) is 147 cm³/mol. The van der Waals surface area contributed by atoms with Crippen LogP contribution in [0.3, 0.4) is 0 Å². The molecule has 1 aromatic heterocycles. The van der Waals surface area contributed by atoms with E-state index < -0.39 is 12.1 Å².